The number of carbonyl (C=O) groups excluding carboxylic acids is 4. The smallest absolute Gasteiger partial charge is 0.305 e. The molecule has 3 rings (SSSR count). The Balaban J connectivity index is 1.84. The average Bonchev–Trinajstić information content (AvgIpc) is 2.97. The normalized spacial score (nSPS) is 17.8. The average molecular weight is 428 g/mol. The second-order valence-corrected chi connectivity index (χ2v) is 7.12. The van der Waals surface area contributed by atoms with Gasteiger partial charge in [0.2, 0.25) is 11.8 Å². The Hall–Kier alpha value is -3.92. The fourth-order valence-electron chi connectivity index (χ4n) is 3.63. The zero-order valence-electron chi connectivity index (χ0n) is 16.5. The molecule has 0 spiro atoms. The number of benzene rings is 1. The molecule has 2 heterocycles. The molecule has 0 aliphatic carbocycles. The first-order chi connectivity index (χ1) is 14.8. The maximum Gasteiger partial charge on any atom is 0.305 e. The van der Waals surface area contributed by atoms with Gasteiger partial charge in [-0.1, -0.05) is 5.11 Å². The molecular weight excluding hydrogens is 408 g/mol. The molecule has 1 aromatic carbocycles. The summed E-state index contributed by atoms with van der Waals surface area (Å²) in [7, 11) is 0. The number of hydrogen-bond acceptors (Lipinski definition) is 7. The van der Waals surface area contributed by atoms with Crippen LogP contribution in [-0.2, 0) is 14.4 Å². The van der Waals surface area contributed by atoms with Gasteiger partial charge in [-0.3, -0.25) is 34.2 Å². The first-order valence-corrected chi connectivity index (χ1v) is 9.66. The lowest BCUT2D eigenvalue weighted by Crippen LogP contribution is -2.54. The highest BCUT2D eigenvalue weighted by atomic mass is 16.4. The van der Waals surface area contributed by atoms with Crippen LogP contribution in [0.25, 0.3) is 10.4 Å². The summed E-state index contributed by atoms with van der Waals surface area (Å²) in [6.45, 7) is 0.763. The van der Waals surface area contributed by atoms with Crippen molar-refractivity contribution in [2.75, 3.05) is 24.5 Å². The van der Waals surface area contributed by atoms with Crippen molar-refractivity contribution in [2.24, 2.45) is 5.11 Å². The third-order valence-corrected chi connectivity index (χ3v) is 5.13. The van der Waals surface area contributed by atoms with Crippen molar-refractivity contribution in [2.45, 2.75) is 31.7 Å². The number of nitrogens with zero attached hydrogens (tertiary/aromatic N) is 5. The van der Waals surface area contributed by atoms with E-state index in [-0.39, 0.29) is 43.5 Å². The number of carboxylic acid groups (broad SMARTS) is 1. The molecule has 0 aromatic heterocycles. The van der Waals surface area contributed by atoms with E-state index in [1.807, 2.05) is 0 Å². The Morgan fingerprint density at radius 2 is 1.97 bits per heavy atom. The number of piperidine rings is 1. The van der Waals surface area contributed by atoms with E-state index in [0.717, 1.165) is 4.90 Å². The van der Waals surface area contributed by atoms with E-state index in [1.165, 1.54) is 12.1 Å². The molecule has 1 atom stereocenters. The maximum atomic E-state index is 12.9. The Kier molecular flexibility index (Phi) is 6.51. The topological polar surface area (TPSA) is 173 Å². The minimum atomic E-state index is -1.06. The van der Waals surface area contributed by atoms with Crippen LogP contribution in [0, 0.1) is 0 Å². The van der Waals surface area contributed by atoms with Gasteiger partial charge in [-0.15, -0.1) is 0 Å². The lowest BCUT2D eigenvalue weighted by molar-refractivity contribution is -0.137. The summed E-state index contributed by atoms with van der Waals surface area (Å²) in [5.41, 5.74) is 9.19. The first kappa shape index (κ1) is 21.8. The van der Waals surface area contributed by atoms with E-state index in [4.69, 9.17) is 10.6 Å². The Morgan fingerprint density at radius 3 is 2.65 bits per heavy atom. The molecule has 0 saturated carbocycles. The molecule has 4 amide bonds. The van der Waals surface area contributed by atoms with Crippen molar-refractivity contribution in [3.8, 4) is 0 Å². The lowest BCUT2D eigenvalue weighted by Gasteiger charge is -2.27. The molecule has 2 N–H and O–H groups in total. The summed E-state index contributed by atoms with van der Waals surface area (Å²) in [6, 6.07) is 3.52. The standard InChI is InChI=1S/C19H20N6O6/c20-23-21-7-1-8-24(9-6-16(27)28)11-2-3-12-13(10-11)19(31)25(18(12)30)14-4-5-15(26)22-17(14)29/h2-3,10,14H,1,4-9H2,(H,27,28)(H,22,26,29). The highest BCUT2D eigenvalue weighted by molar-refractivity contribution is 6.23. The van der Waals surface area contributed by atoms with Crippen LogP contribution in [0.2, 0.25) is 0 Å². The van der Waals surface area contributed by atoms with Crippen molar-refractivity contribution in [3.63, 3.8) is 0 Å². The molecule has 0 radical (unpaired) electrons. The molecule has 2 aliphatic rings. The summed E-state index contributed by atoms with van der Waals surface area (Å²) < 4.78 is 0. The predicted molar refractivity (Wildman–Crippen MR) is 106 cm³/mol. The van der Waals surface area contributed by atoms with E-state index in [1.54, 1.807) is 11.0 Å². The summed E-state index contributed by atoms with van der Waals surface area (Å²) in [4.78, 5) is 65.5. The van der Waals surface area contributed by atoms with Crippen molar-refractivity contribution < 1.29 is 29.1 Å². The molecule has 12 nitrogen and oxygen atoms in total. The number of anilines is 1. The lowest BCUT2D eigenvalue weighted by atomic mass is 10.0. The number of rotatable bonds is 9. The molecule has 1 aromatic rings. The largest absolute Gasteiger partial charge is 0.481 e. The van der Waals surface area contributed by atoms with E-state index in [0.29, 0.717) is 18.7 Å². The van der Waals surface area contributed by atoms with E-state index in [9.17, 15) is 24.0 Å². The number of aliphatic carboxylic acids is 1. The molecule has 162 valence electrons. The summed E-state index contributed by atoms with van der Waals surface area (Å²) in [5.74, 6) is -3.37. The van der Waals surface area contributed by atoms with Crippen molar-refractivity contribution >= 4 is 35.3 Å². The molecule has 31 heavy (non-hydrogen) atoms. The van der Waals surface area contributed by atoms with Gasteiger partial charge in [0, 0.05) is 36.7 Å². The zero-order valence-corrected chi connectivity index (χ0v) is 16.5. The molecule has 1 saturated heterocycles. The van der Waals surface area contributed by atoms with Crippen molar-refractivity contribution in [1.29, 1.82) is 0 Å². The SMILES string of the molecule is [N-]=[N+]=NCCCN(CCC(=O)O)c1ccc2c(c1)C(=O)N(C1CCC(=O)NC1=O)C2=O. The maximum absolute atomic E-state index is 12.9. The van der Waals surface area contributed by atoms with E-state index >= 15 is 0 Å². The van der Waals surface area contributed by atoms with Crippen LogP contribution in [0.4, 0.5) is 5.69 Å². The van der Waals surface area contributed by atoms with Crippen LogP contribution in [0.1, 0.15) is 46.4 Å². The molecule has 2 aliphatic heterocycles. The van der Waals surface area contributed by atoms with E-state index < -0.39 is 35.6 Å². The molecule has 1 fully saturated rings. The second-order valence-electron chi connectivity index (χ2n) is 7.12. The number of nitrogens with one attached hydrogen (secondary N) is 1. The molecule has 12 heteroatoms. The van der Waals surface area contributed by atoms with Crippen LogP contribution in [0.15, 0.2) is 23.3 Å². The summed E-state index contributed by atoms with van der Waals surface area (Å²) in [5, 5.41) is 14.6. The molecular formula is C19H20N6O6. The van der Waals surface area contributed by atoms with Gasteiger partial charge < -0.3 is 10.0 Å². The van der Waals surface area contributed by atoms with E-state index in [2.05, 4.69) is 15.3 Å². The van der Waals surface area contributed by atoms with Gasteiger partial charge in [-0.05, 0) is 36.6 Å². The number of fused-ring (bicyclic) bond motifs is 1. The number of imide groups is 2. The Labute approximate surface area is 176 Å². The number of carbonyl (C=O) groups is 5. The van der Waals surface area contributed by atoms with Crippen molar-refractivity contribution in [3.05, 3.63) is 39.8 Å². The Morgan fingerprint density at radius 1 is 1.23 bits per heavy atom. The quantitative estimate of drug-likeness (QED) is 0.194. The molecule has 1 unspecified atom stereocenters. The van der Waals surface area contributed by atoms with Crippen LogP contribution in [0.3, 0.4) is 0 Å². The minimum Gasteiger partial charge on any atom is -0.481 e. The van der Waals surface area contributed by atoms with Gasteiger partial charge in [-0.25, -0.2) is 0 Å². The third kappa shape index (κ3) is 4.64. The highest BCUT2D eigenvalue weighted by Gasteiger charge is 2.44. The van der Waals surface area contributed by atoms with Crippen LogP contribution >= 0.6 is 0 Å². The fraction of sp³-hybridized carbons (Fsp3) is 0.421. The van der Waals surface area contributed by atoms with Gasteiger partial charge in [0.25, 0.3) is 11.8 Å². The second kappa shape index (κ2) is 9.26. The summed E-state index contributed by atoms with van der Waals surface area (Å²) in [6.07, 6.45) is 0.417. The zero-order chi connectivity index (χ0) is 22.5. The number of hydrogen-bond donors (Lipinski definition) is 2. The van der Waals surface area contributed by atoms with Crippen LogP contribution in [-0.4, -0.2) is 65.3 Å². The van der Waals surface area contributed by atoms with Gasteiger partial charge in [0.1, 0.15) is 6.04 Å². The predicted octanol–water partition coefficient (Wildman–Crippen LogP) is 1.07. The van der Waals surface area contributed by atoms with Crippen LogP contribution in [0.5, 0.6) is 0 Å². The highest BCUT2D eigenvalue weighted by Crippen LogP contribution is 2.30. The fourth-order valence-corrected chi connectivity index (χ4v) is 3.63. The van der Waals surface area contributed by atoms with Gasteiger partial charge in [0.05, 0.1) is 17.5 Å². The van der Waals surface area contributed by atoms with Gasteiger partial charge in [-0.2, -0.15) is 0 Å². The van der Waals surface area contributed by atoms with Gasteiger partial charge >= 0.3 is 5.97 Å². The van der Waals surface area contributed by atoms with Crippen molar-refractivity contribution in [1.82, 2.24) is 10.2 Å². The minimum absolute atomic E-state index is 0.0310. The first-order valence-electron chi connectivity index (χ1n) is 9.66. The Bertz CT molecular complexity index is 1000. The number of carboxylic acids is 1. The van der Waals surface area contributed by atoms with Crippen LogP contribution < -0.4 is 10.2 Å². The monoisotopic (exact) mass is 428 g/mol. The summed E-state index contributed by atoms with van der Waals surface area (Å²) >= 11 is 0. The molecule has 0 bridgehead atoms. The number of amides is 4. The third-order valence-electron chi connectivity index (χ3n) is 5.13. The number of azide groups is 1. The van der Waals surface area contributed by atoms with Gasteiger partial charge in [0.15, 0.2) is 0 Å².